The first kappa shape index (κ1) is 23.4. The van der Waals surface area contributed by atoms with Crippen molar-refractivity contribution in [3.63, 3.8) is 0 Å². The molecule has 2 N–H and O–H groups in total. The fraction of sp³-hybridized carbons (Fsp3) is 0.292. The molecule has 33 heavy (non-hydrogen) atoms. The summed E-state index contributed by atoms with van der Waals surface area (Å²) in [4.78, 5) is 26.6. The number of benzene rings is 2. The maximum absolute atomic E-state index is 14.9. The summed E-state index contributed by atoms with van der Waals surface area (Å²) in [5, 5.41) is 12.2. The van der Waals surface area contributed by atoms with E-state index in [4.69, 9.17) is 17.0 Å². The average Bonchev–Trinajstić information content (AvgIpc) is 3.05. The fourth-order valence-electron chi connectivity index (χ4n) is 3.68. The molecule has 0 aromatic heterocycles. The molecule has 0 radical (unpaired) electrons. The van der Waals surface area contributed by atoms with Crippen molar-refractivity contribution >= 4 is 51.9 Å². The van der Waals surface area contributed by atoms with Gasteiger partial charge in [0.25, 0.3) is 11.8 Å². The number of rotatable bonds is 4. The van der Waals surface area contributed by atoms with E-state index in [1.807, 2.05) is 18.2 Å². The number of amides is 2. The highest BCUT2D eigenvalue weighted by Gasteiger charge is 2.30. The third-order valence-electron chi connectivity index (χ3n) is 5.36. The minimum atomic E-state index is -0.623. The zero-order chi connectivity index (χ0) is 23.9. The van der Waals surface area contributed by atoms with Crippen molar-refractivity contribution in [3.05, 3.63) is 63.3 Å². The Morgan fingerprint density at radius 1 is 1.21 bits per heavy atom. The number of hydrogen-bond acceptors (Lipinski definition) is 6. The second-order valence-corrected chi connectivity index (χ2v) is 10.6. The van der Waals surface area contributed by atoms with Crippen molar-refractivity contribution in [2.45, 2.75) is 39.3 Å². The molecule has 6 nitrogen and oxygen atoms in total. The van der Waals surface area contributed by atoms with Crippen LogP contribution in [0.4, 0.5) is 10.1 Å². The molecule has 172 valence electrons. The molecule has 0 atom stereocenters. The van der Waals surface area contributed by atoms with E-state index in [2.05, 4.69) is 26.1 Å². The highest BCUT2D eigenvalue weighted by Crippen LogP contribution is 2.38. The minimum absolute atomic E-state index is 0.00912. The van der Waals surface area contributed by atoms with Crippen LogP contribution >= 0.6 is 24.0 Å². The predicted molar refractivity (Wildman–Crippen MR) is 130 cm³/mol. The third-order valence-corrected chi connectivity index (χ3v) is 6.52. The molecule has 0 saturated carbocycles. The first-order chi connectivity index (χ1) is 15.5. The number of halogens is 1. The molecule has 0 aliphatic carbocycles. The molecular weight excluding hydrogens is 463 g/mol. The first-order valence-corrected chi connectivity index (χ1v) is 11.5. The number of ether oxygens (including phenoxy) is 1. The lowest BCUT2D eigenvalue weighted by atomic mass is 9.85. The summed E-state index contributed by atoms with van der Waals surface area (Å²) < 4.78 is 20.6. The molecule has 0 unspecified atom stereocenters. The quantitative estimate of drug-likeness (QED) is 0.502. The lowest BCUT2D eigenvalue weighted by molar-refractivity contribution is -0.121. The molecule has 2 aliphatic heterocycles. The van der Waals surface area contributed by atoms with Crippen LogP contribution in [0.25, 0.3) is 6.08 Å². The van der Waals surface area contributed by atoms with E-state index in [9.17, 15) is 19.1 Å². The summed E-state index contributed by atoms with van der Waals surface area (Å²) in [6, 6.07) is 8.65. The number of thiocarbonyl (C=S) groups is 1. The Kier molecular flexibility index (Phi) is 6.30. The molecule has 2 aliphatic rings. The smallest absolute Gasteiger partial charge is 0.265 e. The van der Waals surface area contributed by atoms with Gasteiger partial charge < -0.3 is 20.1 Å². The van der Waals surface area contributed by atoms with Crippen LogP contribution in [0.2, 0.25) is 0 Å². The minimum Gasteiger partial charge on any atom is -0.478 e. The van der Waals surface area contributed by atoms with Crippen LogP contribution < -0.4 is 15.0 Å². The van der Waals surface area contributed by atoms with E-state index in [1.165, 1.54) is 17.0 Å². The monoisotopic (exact) mass is 486 g/mol. The molecule has 1 fully saturated rings. The van der Waals surface area contributed by atoms with Crippen molar-refractivity contribution in [1.29, 1.82) is 0 Å². The Labute approximate surface area is 200 Å². The molecular formula is C24H23FN2O4S2. The summed E-state index contributed by atoms with van der Waals surface area (Å²) in [6.45, 7) is 5.99. The van der Waals surface area contributed by atoms with Gasteiger partial charge in [0.15, 0.2) is 18.2 Å². The Morgan fingerprint density at radius 3 is 2.58 bits per heavy atom. The number of carbonyl (C=O) groups is 2. The van der Waals surface area contributed by atoms with Gasteiger partial charge in [-0.3, -0.25) is 9.59 Å². The first-order valence-electron chi connectivity index (χ1n) is 10.3. The fourth-order valence-corrected chi connectivity index (χ4v) is 4.72. The summed E-state index contributed by atoms with van der Waals surface area (Å²) >= 11 is 6.10. The average molecular weight is 487 g/mol. The summed E-state index contributed by atoms with van der Waals surface area (Å²) in [6.07, 6.45) is 1.53. The number of thioether (sulfide) groups is 1. The molecule has 1 saturated heterocycles. The SMILES string of the molecule is CC(C)(C)c1cc(CO)cc(CN2C(=O)COc3c(F)cc(/C=C4\SC(=S)NC4=O)cc32)c1. The van der Waals surface area contributed by atoms with E-state index >= 15 is 0 Å². The largest absolute Gasteiger partial charge is 0.478 e. The Hall–Kier alpha value is -2.75. The van der Waals surface area contributed by atoms with Gasteiger partial charge in [-0.2, -0.15) is 0 Å². The molecule has 4 rings (SSSR count). The van der Waals surface area contributed by atoms with Gasteiger partial charge >= 0.3 is 0 Å². The van der Waals surface area contributed by atoms with Gasteiger partial charge in [0.05, 0.1) is 23.7 Å². The number of hydrogen-bond donors (Lipinski definition) is 2. The number of carbonyl (C=O) groups excluding carboxylic acids is 2. The van der Waals surface area contributed by atoms with Crippen LogP contribution in [0.15, 0.2) is 35.2 Å². The molecule has 2 amide bonds. The highest BCUT2D eigenvalue weighted by atomic mass is 32.2. The summed E-state index contributed by atoms with van der Waals surface area (Å²) in [5.74, 6) is -1.29. The maximum Gasteiger partial charge on any atom is 0.265 e. The number of fused-ring (bicyclic) bond motifs is 1. The predicted octanol–water partition coefficient (Wildman–Crippen LogP) is 4.03. The Balaban J connectivity index is 1.74. The van der Waals surface area contributed by atoms with Gasteiger partial charge in [0, 0.05) is 0 Å². The van der Waals surface area contributed by atoms with Gasteiger partial charge in [0.2, 0.25) is 0 Å². The van der Waals surface area contributed by atoms with E-state index in [1.54, 1.807) is 6.07 Å². The van der Waals surface area contributed by atoms with Crippen LogP contribution in [0.5, 0.6) is 5.75 Å². The molecule has 2 heterocycles. The topological polar surface area (TPSA) is 78.9 Å². The zero-order valence-corrected chi connectivity index (χ0v) is 20.0. The number of aliphatic hydroxyl groups is 1. The Morgan fingerprint density at radius 2 is 1.94 bits per heavy atom. The molecule has 0 spiro atoms. The number of aliphatic hydroxyl groups excluding tert-OH is 1. The van der Waals surface area contributed by atoms with Gasteiger partial charge in [-0.15, -0.1) is 0 Å². The van der Waals surface area contributed by atoms with Crippen molar-refractivity contribution in [2.24, 2.45) is 0 Å². The van der Waals surface area contributed by atoms with E-state index in [0.29, 0.717) is 14.8 Å². The van der Waals surface area contributed by atoms with Gasteiger partial charge in [-0.1, -0.05) is 63.0 Å². The van der Waals surface area contributed by atoms with Crippen LogP contribution in [0, 0.1) is 5.82 Å². The summed E-state index contributed by atoms with van der Waals surface area (Å²) in [7, 11) is 0. The zero-order valence-electron chi connectivity index (χ0n) is 18.4. The Bertz CT molecular complexity index is 1200. The second-order valence-electron chi connectivity index (χ2n) is 8.92. The normalized spacial score (nSPS) is 17.3. The van der Waals surface area contributed by atoms with Gasteiger partial charge in [0.1, 0.15) is 4.32 Å². The van der Waals surface area contributed by atoms with Crippen molar-refractivity contribution in [1.82, 2.24) is 5.32 Å². The van der Waals surface area contributed by atoms with E-state index < -0.39 is 5.82 Å². The molecule has 2 aromatic rings. The number of nitrogens with one attached hydrogen (secondary N) is 1. The lowest BCUT2D eigenvalue weighted by Gasteiger charge is -2.31. The van der Waals surface area contributed by atoms with Gasteiger partial charge in [-0.05, 0) is 45.9 Å². The summed E-state index contributed by atoms with van der Waals surface area (Å²) in [5.41, 5.74) is 3.12. The maximum atomic E-state index is 14.9. The van der Waals surface area contributed by atoms with Crippen molar-refractivity contribution in [2.75, 3.05) is 11.5 Å². The van der Waals surface area contributed by atoms with Crippen LogP contribution in [0.1, 0.15) is 43.0 Å². The second kappa shape index (κ2) is 8.89. The number of nitrogens with zero attached hydrogens (tertiary/aromatic N) is 1. The van der Waals surface area contributed by atoms with Crippen LogP contribution in [0.3, 0.4) is 0 Å². The third kappa shape index (κ3) is 4.95. The molecule has 0 bridgehead atoms. The van der Waals surface area contributed by atoms with E-state index in [-0.39, 0.29) is 48.4 Å². The lowest BCUT2D eigenvalue weighted by Crippen LogP contribution is -2.38. The highest BCUT2D eigenvalue weighted by molar-refractivity contribution is 8.26. The van der Waals surface area contributed by atoms with E-state index in [0.717, 1.165) is 28.5 Å². The van der Waals surface area contributed by atoms with Crippen molar-refractivity contribution in [3.8, 4) is 5.75 Å². The standard InChI is InChI=1S/C24H23FN2O4S2/c1-24(2,3)16-5-14(4-15(6-16)11-28)10-27-18-8-13(9-19-22(30)26-23(32)33-19)7-17(25)21(18)31-12-20(27)29/h4-9,28H,10-12H2,1-3H3,(H,26,30,32)/b19-9-. The van der Waals surface area contributed by atoms with Crippen LogP contribution in [-0.2, 0) is 28.2 Å². The van der Waals surface area contributed by atoms with Gasteiger partial charge in [-0.25, -0.2) is 4.39 Å². The van der Waals surface area contributed by atoms with Crippen molar-refractivity contribution < 1.29 is 23.8 Å². The molecule has 9 heteroatoms. The van der Waals surface area contributed by atoms with Crippen LogP contribution in [-0.4, -0.2) is 27.8 Å². The number of anilines is 1. The molecule has 2 aromatic carbocycles.